The molecule has 0 aromatic heterocycles. The van der Waals surface area contributed by atoms with Crippen LogP contribution >= 0.6 is 22.6 Å². The Bertz CT molecular complexity index is 367. The molecule has 2 rings (SSSR count). The topological polar surface area (TPSA) is 17.1 Å². The Morgan fingerprint density at radius 3 is 2.57 bits per heavy atom. The van der Waals surface area contributed by atoms with Crippen molar-refractivity contribution >= 4 is 34.5 Å². The molecule has 0 saturated heterocycles. The molecular formula is C12H11IO. The molecule has 1 aromatic carbocycles. The Balaban J connectivity index is 2.37. The van der Waals surface area contributed by atoms with Gasteiger partial charge in [-0.3, -0.25) is 0 Å². The standard InChI is InChI=1S/C12H11IO/c13-12-10(8-14)6-7-11(12)9-4-2-1-3-5-9/h1-5,8,10H,6-7H2. The summed E-state index contributed by atoms with van der Waals surface area (Å²) in [6.07, 6.45) is 3.08. The molecule has 72 valence electrons. The first-order valence-electron chi connectivity index (χ1n) is 4.72. The van der Waals surface area contributed by atoms with Crippen LogP contribution in [-0.2, 0) is 4.79 Å². The highest BCUT2D eigenvalue weighted by Crippen LogP contribution is 2.40. The largest absolute Gasteiger partial charge is 0.303 e. The molecule has 1 aromatic rings. The Morgan fingerprint density at radius 2 is 2.00 bits per heavy atom. The van der Waals surface area contributed by atoms with Gasteiger partial charge in [-0.2, -0.15) is 0 Å². The lowest BCUT2D eigenvalue weighted by Gasteiger charge is -2.02. The average molecular weight is 298 g/mol. The van der Waals surface area contributed by atoms with Gasteiger partial charge in [-0.15, -0.1) is 0 Å². The fourth-order valence-electron chi connectivity index (χ4n) is 1.82. The van der Waals surface area contributed by atoms with Gasteiger partial charge in [0.05, 0.1) is 0 Å². The molecule has 1 aliphatic carbocycles. The van der Waals surface area contributed by atoms with E-state index in [0.717, 1.165) is 19.1 Å². The van der Waals surface area contributed by atoms with Crippen molar-refractivity contribution < 1.29 is 4.79 Å². The maximum Gasteiger partial charge on any atom is 0.127 e. The number of aldehydes is 1. The van der Waals surface area contributed by atoms with Crippen molar-refractivity contribution in [2.75, 3.05) is 0 Å². The molecule has 0 fully saturated rings. The molecule has 0 heterocycles. The van der Waals surface area contributed by atoms with Crippen LogP contribution in [-0.4, -0.2) is 6.29 Å². The number of hydrogen-bond acceptors (Lipinski definition) is 1. The lowest BCUT2D eigenvalue weighted by Crippen LogP contribution is -1.94. The first-order chi connectivity index (χ1) is 6.83. The van der Waals surface area contributed by atoms with E-state index in [-0.39, 0.29) is 5.92 Å². The maximum atomic E-state index is 10.8. The van der Waals surface area contributed by atoms with Gasteiger partial charge in [-0.25, -0.2) is 0 Å². The third kappa shape index (κ3) is 1.75. The van der Waals surface area contributed by atoms with Crippen molar-refractivity contribution in [2.24, 2.45) is 5.92 Å². The van der Waals surface area contributed by atoms with E-state index in [2.05, 4.69) is 34.7 Å². The summed E-state index contributed by atoms with van der Waals surface area (Å²) in [6.45, 7) is 0. The number of halogens is 1. The quantitative estimate of drug-likeness (QED) is 0.604. The zero-order valence-electron chi connectivity index (χ0n) is 7.74. The van der Waals surface area contributed by atoms with Gasteiger partial charge < -0.3 is 4.79 Å². The molecule has 14 heavy (non-hydrogen) atoms. The number of benzene rings is 1. The lowest BCUT2D eigenvalue weighted by molar-refractivity contribution is -0.109. The molecule has 1 nitrogen and oxygen atoms in total. The molecule has 1 unspecified atom stereocenters. The van der Waals surface area contributed by atoms with E-state index in [9.17, 15) is 4.79 Å². The first-order valence-corrected chi connectivity index (χ1v) is 5.80. The summed E-state index contributed by atoms with van der Waals surface area (Å²) in [5.41, 5.74) is 2.62. The average Bonchev–Trinajstić information content (AvgIpc) is 2.61. The minimum Gasteiger partial charge on any atom is -0.303 e. The second kappa shape index (κ2) is 4.26. The van der Waals surface area contributed by atoms with Gasteiger partial charge in [0.25, 0.3) is 0 Å². The van der Waals surface area contributed by atoms with Crippen LogP contribution in [0.3, 0.4) is 0 Å². The van der Waals surface area contributed by atoms with Crippen LogP contribution in [0.1, 0.15) is 18.4 Å². The van der Waals surface area contributed by atoms with Crippen molar-refractivity contribution in [1.29, 1.82) is 0 Å². The van der Waals surface area contributed by atoms with E-state index >= 15 is 0 Å². The molecule has 1 aliphatic rings. The van der Waals surface area contributed by atoms with Crippen molar-refractivity contribution in [1.82, 2.24) is 0 Å². The van der Waals surface area contributed by atoms with Crippen molar-refractivity contribution in [3.63, 3.8) is 0 Å². The van der Waals surface area contributed by atoms with Crippen LogP contribution in [0.4, 0.5) is 0 Å². The second-order valence-electron chi connectivity index (χ2n) is 3.47. The predicted molar refractivity (Wildman–Crippen MR) is 66.2 cm³/mol. The Kier molecular flexibility index (Phi) is 3.01. The van der Waals surface area contributed by atoms with Crippen molar-refractivity contribution in [3.05, 3.63) is 39.5 Å². The molecule has 1 atom stereocenters. The van der Waals surface area contributed by atoms with E-state index in [1.165, 1.54) is 14.7 Å². The van der Waals surface area contributed by atoms with Gasteiger partial charge in [-0.1, -0.05) is 30.3 Å². The van der Waals surface area contributed by atoms with Gasteiger partial charge in [0, 0.05) is 9.50 Å². The monoisotopic (exact) mass is 298 g/mol. The zero-order valence-corrected chi connectivity index (χ0v) is 9.90. The van der Waals surface area contributed by atoms with Crippen LogP contribution in [0, 0.1) is 5.92 Å². The fourth-order valence-corrected chi connectivity index (χ4v) is 2.86. The van der Waals surface area contributed by atoms with Crippen molar-refractivity contribution in [3.8, 4) is 0 Å². The molecule has 0 saturated carbocycles. The molecule has 2 heteroatoms. The van der Waals surface area contributed by atoms with Crippen LogP contribution in [0.5, 0.6) is 0 Å². The highest BCUT2D eigenvalue weighted by Gasteiger charge is 2.23. The summed E-state index contributed by atoms with van der Waals surface area (Å²) in [5, 5.41) is 0. The number of carbonyl (C=O) groups excluding carboxylic acids is 1. The van der Waals surface area contributed by atoms with E-state index in [4.69, 9.17) is 0 Å². The fraction of sp³-hybridized carbons (Fsp3) is 0.250. The van der Waals surface area contributed by atoms with Gasteiger partial charge in [0.15, 0.2) is 0 Å². The van der Waals surface area contributed by atoms with Gasteiger partial charge in [0.2, 0.25) is 0 Å². The van der Waals surface area contributed by atoms with Crippen LogP contribution in [0.25, 0.3) is 5.57 Å². The van der Waals surface area contributed by atoms with E-state index < -0.39 is 0 Å². The molecule has 0 radical (unpaired) electrons. The van der Waals surface area contributed by atoms with E-state index in [1.54, 1.807) is 0 Å². The number of carbonyl (C=O) groups is 1. The summed E-state index contributed by atoms with van der Waals surface area (Å²) in [5.74, 6) is 0.144. The highest BCUT2D eigenvalue weighted by molar-refractivity contribution is 14.1. The normalized spacial score (nSPS) is 21.4. The van der Waals surface area contributed by atoms with Gasteiger partial charge >= 0.3 is 0 Å². The molecular weight excluding hydrogens is 287 g/mol. The number of rotatable bonds is 2. The minimum absolute atomic E-state index is 0.144. The summed E-state index contributed by atoms with van der Waals surface area (Å²) >= 11 is 2.31. The number of hydrogen-bond donors (Lipinski definition) is 0. The highest BCUT2D eigenvalue weighted by atomic mass is 127. The molecule has 0 spiro atoms. The third-order valence-corrected chi connectivity index (χ3v) is 4.06. The molecule has 0 amide bonds. The number of allylic oxidation sites excluding steroid dienone is 2. The molecule has 0 N–H and O–H groups in total. The first kappa shape index (κ1) is 9.90. The SMILES string of the molecule is O=CC1CCC(c2ccccc2)=C1I. The van der Waals surface area contributed by atoms with Gasteiger partial charge in [-0.05, 0) is 46.6 Å². The smallest absolute Gasteiger partial charge is 0.127 e. The Labute approximate surface area is 97.3 Å². The Morgan fingerprint density at radius 1 is 1.29 bits per heavy atom. The van der Waals surface area contributed by atoms with E-state index in [0.29, 0.717) is 0 Å². The zero-order chi connectivity index (χ0) is 9.97. The van der Waals surface area contributed by atoms with Crippen molar-refractivity contribution in [2.45, 2.75) is 12.8 Å². The Hall–Kier alpha value is -0.640. The molecule has 0 bridgehead atoms. The van der Waals surface area contributed by atoms with Crippen LogP contribution in [0.2, 0.25) is 0 Å². The second-order valence-corrected chi connectivity index (χ2v) is 4.64. The predicted octanol–water partition coefficient (Wildman–Crippen LogP) is 3.44. The summed E-state index contributed by atoms with van der Waals surface area (Å²) in [6, 6.07) is 10.3. The van der Waals surface area contributed by atoms with E-state index in [1.807, 2.05) is 18.2 Å². The summed E-state index contributed by atoms with van der Waals surface area (Å²) in [7, 11) is 0. The van der Waals surface area contributed by atoms with Gasteiger partial charge in [0.1, 0.15) is 6.29 Å². The minimum atomic E-state index is 0.144. The third-order valence-electron chi connectivity index (χ3n) is 2.61. The lowest BCUT2D eigenvalue weighted by atomic mass is 10.1. The maximum absolute atomic E-state index is 10.8. The molecule has 0 aliphatic heterocycles. The van der Waals surface area contributed by atoms with Crippen LogP contribution in [0.15, 0.2) is 33.9 Å². The summed E-state index contributed by atoms with van der Waals surface area (Å²) in [4.78, 5) is 10.8. The van der Waals surface area contributed by atoms with Crippen LogP contribution < -0.4 is 0 Å². The summed E-state index contributed by atoms with van der Waals surface area (Å²) < 4.78 is 1.23.